The summed E-state index contributed by atoms with van der Waals surface area (Å²) in [5.41, 5.74) is 12.3. The first-order valence-corrected chi connectivity index (χ1v) is 4.32. The van der Waals surface area contributed by atoms with Crippen molar-refractivity contribution in [1.29, 1.82) is 5.26 Å². The van der Waals surface area contributed by atoms with Crippen molar-refractivity contribution in [2.75, 3.05) is 0 Å². The van der Waals surface area contributed by atoms with Crippen LogP contribution in [-0.4, -0.2) is 4.99 Å². The van der Waals surface area contributed by atoms with Crippen LogP contribution in [0.5, 0.6) is 0 Å². The van der Waals surface area contributed by atoms with Crippen LogP contribution < -0.4 is 11.5 Å². The van der Waals surface area contributed by atoms with E-state index in [-0.39, 0.29) is 10.6 Å². The zero-order chi connectivity index (χ0) is 10.6. The summed E-state index contributed by atoms with van der Waals surface area (Å²) in [6.07, 6.45) is 0. The molecule has 1 aromatic carbocycles. The van der Waals surface area contributed by atoms with Gasteiger partial charge in [0.25, 0.3) is 0 Å². The molecule has 0 amide bonds. The van der Waals surface area contributed by atoms with Gasteiger partial charge in [0.15, 0.2) is 0 Å². The Morgan fingerprint density at radius 1 is 1.21 bits per heavy atom. The molecule has 3 nitrogen and oxygen atoms in total. The number of thiocarbonyl (C=S) groups is 1. The van der Waals surface area contributed by atoms with Crippen LogP contribution in [0.15, 0.2) is 35.9 Å². The van der Waals surface area contributed by atoms with Gasteiger partial charge in [0.05, 0.1) is 5.70 Å². The SMILES string of the molecule is N#C/C(C(N)=S)=C(\N)c1ccccc1. The van der Waals surface area contributed by atoms with Crippen molar-refractivity contribution in [2.45, 2.75) is 0 Å². The first-order chi connectivity index (χ1) is 6.66. The highest BCUT2D eigenvalue weighted by atomic mass is 32.1. The van der Waals surface area contributed by atoms with Gasteiger partial charge in [-0.15, -0.1) is 0 Å². The molecule has 1 aromatic rings. The van der Waals surface area contributed by atoms with Gasteiger partial charge < -0.3 is 11.5 Å². The standard InChI is InChI=1S/C10H9N3S/c11-6-8(10(13)14)9(12)7-4-2-1-3-5-7/h1-5H,12H2,(H2,13,14)/b9-8+. The molecule has 1 rings (SSSR count). The molecule has 0 fully saturated rings. The molecule has 0 aliphatic heterocycles. The van der Waals surface area contributed by atoms with Crippen LogP contribution in [0, 0.1) is 11.3 Å². The van der Waals surface area contributed by atoms with Crippen LogP contribution in [0.2, 0.25) is 0 Å². The Morgan fingerprint density at radius 3 is 2.21 bits per heavy atom. The summed E-state index contributed by atoms with van der Waals surface area (Å²) in [5, 5.41) is 8.77. The lowest BCUT2D eigenvalue weighted by molar-refractivity contribution is 1.46. The molecule has 14 heavy (non-hydrogen) atoms. The van der Waals surface area contributed by atoms with Crippen LogP contribution in [0.25, 0.3) is 5.70 Å². The number of hydrogen-bond acceptors (Lipinski definition) is 3. The van der Waals surface area contributed by atoms with Crippen molar-refractivity contribution in [3.8, 4) is 6.07 Å². The number of rotatable bonds is 2. The number of nitriles is 1. The van der Waals surface area contributed by atoms with Gasteiger partial charge in [0.1, 0.15) is 16.6 Å². The number of hydrogen-bond donors (Lipinski definition) is 2. The predicted octanol–water partition coefficient (Wildman–Crippen LogP) is 1.17. The molecular weight excluding hydrogens is 194 g/mol. The lowest BCUT2D eigenvalue weighted by Crippen LogP contribution is -2.15. The molecule has 0 radical (unpaired) electrons. The smallest absolute Gasteiger partial charge is 0.116 e. The topological polar surface area (TPSA) is 75.8 Å². The van der Waals surface area contributed by atoms with Gasteiger partial charge in [0.2, 0.25) is 0 Å². The predicted molar refractivity (Wildman–Crippen MR) is 59.9 cm³/mol. The fourth-order valence-corrected chi connectivity index (χ4v) is 1.17. The maximum atomic E-state index is 8.77. The Labute approximate surface area is 87.6 Å². The second-order valence-corrected chi connectivity index (χ2v) is 3.07. The van der Waals surface area contributed by atoms with Gasteiger partial charge in [0, 0.05) is 0 Å². The molecule has 0 spiro atoms. The van der Waals surface area contributed by atoms with Crippen LogP contribution >= 0.6 is 12.2 Å². The highest BCUT2D eigenvalue weighted by molar-refractivity contribution is 7.80. The molecule has 0 saturated heterocycles. The van der Waals surface area contributed by atoms with E-state index >= 15 is 0 Å². The van der Waals surface area contributed by atoms with Gasteiger partial charge in [-0.1, -0.05) is 42.5 Å². The van der Waals surface area contributed by atoms with E-state index in [2.05, 4.69) is 0 Å². The maximum Gasteiger partial charge on any atom is 0.116 e. The molecule has 0 aromatic heterocycles. The zero-order valence-corrected chi connectivity index (χ0v) is 8.21. The third kappa shape index (κ3) is 2.09. The zero-order valence-electron chi connectivity index (χ0n) is 7.40. The lowest BCUT2D eigenvalue weighted by Gasteiger charge is -2.03. The average molecular weight is 203 g/mol. The minimum atomic E-state index is 0.0221. The molecule has 70 valence electrons. The monoisotopic (exact) mass is 203 g/mol. The summed E-state index contributed by atoms with van der Waals surface area (Å²) >= 11 is 4.71. The Morgan fingerprint density at radius 2 is 1.79 bits per heavy atom. The summed E-state index contributed by atoms with van der Waals surface area (Å²) in [6.45, 7) is 0. The van der Waals surface area contributed by atoms with Crippen molar-refractivity contribution < 1.29 is 0 Å². The summed E-state index contributed by atoms with van der Waals surface area (Å²) in [6, 6.07) is 11.0. The van der Waals surface area contributed by atoms with Crippen LogP contribution in [0.3, 0.4) is 0 Å². The quantitative estimate of drug-likeness (QED) is 0.429. The molecular formula is C10H9N3S. The highest BCUT2D eigenvalue weighted by Gasteiger charge is 2.07. The minimum Gasteiger partial charge on any atom is -0.397 e. The van der Waals surface area contributed by atoms with Crippen molar-refractivity contribution in [2.24, 2.45) is 11.5 Å². The van der Waals surface area contributed by atoms with Gasteiger partial charge in [-0.05, 0) is 5.56 Å². The Hall–Kier alpha value is -1.86. The van der Waals surface area contributed by atoms with Crippen LogP contribution in [0.1, 0.15) is 5.56 Å². The van der Waals surface area contributed by atoms with E-state index in [1.54, 1.807) is 12.1 Å². The first kappa shape index (κ1) is 10.2. The molecule has 4 N–H and O–H groups in total. The summed E-state index contributed by atoms with van der Waals surface area (Å²) < 4.78 is 0. The summed E-state index contributed by atoms with van der Waals surface area (Å²) in [7, 11) is 0. The van der Waals surface area contributed by atoms with Crippen LogP contribution in [0.4, 0.5) is 0 Å². The molecule has 0 aliphatic carbocycles. The number of nitrogens with zero attached hydrogens (tertiary/aromatic N) is 1. The fraction of sp³-hybridized carbons (Fsp3) is 0. The van der Waals surface area contributed by atoms with Gasteiger partial charge in [-0.25, -0.2) is 0 Å². The van der Waals surface area contributed by atoms with E-state index in [0.29, 0.717) is 5.70 Å². The largest absolute Gasteiger partial charge is 0.397 e. The second-order valence-electron chi connectivity index (χ2n) is 2.63. The maximum absolute atomic E-state index is 8.77. The molecule has 0 unspecified atom stereocenters. The third-order valence-electron chi connectivity index (χ3n) is 1.71. The number of benzene rings is 1. The van der Waals surface area contributed by atoms with E-state index in [1.165, 1.54) is 0 Å². The molecule has 4 heteroatoms. The summed E-state index contributed by atoms with van der Waals surface area (Å²) in [4.78, 5) is 0.0221. The lowest BCUT2D eigenvalue weighted by atomic mass is 10.1. The van der Waals surface area contributed by atoms with Crippen molar-refractivity contribution >= 4 is 22.9 Å². The average Bonchev–Trinajstić information content (AvgIpc) is 2.19. The molecule has 0 atom stereocenters. The number of nitrogens with two attached hydrogens (primary N) is 2. The third-order valence-corrected chi connectivity index (χ3v) is 1.92. The van der Waals surface area contributed by atoms with E-state index in [9.17, 15) is 0 Å². The molecule has 0 aliphatic rings. The normalized spacial score (nSPS) is 11.4. The van der Waals surface area contributed by atoms with E-state index in [4.69, 9.17) is 28.9 Å². The molecule has 0 bridgehead atoms. The van der Waals surface area contributed by atoms with Gasteiger partial charge in [-0.2, -0.15) is 5.26 Å². The highest BCUT2D eigenvalue weighted by Crippen LogP contribution is 2.12. The Balaban J connectivity index is 3.23. The molecule has 0 saturated carbocycles. The Bertz CT molecular complexity index is 415. The van der Waals surface area contributed by atoms with Crippen LogP contribution in [-0.2, 0) is 0 Å². The van der Waals surface area contributed by atoms with E-state index in [1.807, 2.05) is 24.3 Å². The van der Waals surface area contributed by atoms with Crippen molar-refractivity contribution in [3.05, 3.63) is 41.5 Å². The summed E-state index contributed by atoms with van der Waals surface area (Å²) in [5.74, 6) is 0. The van der Waals surface area contributed by atoms with Crippen molar-refractivity contribution in [3.63, 3.8) is 0 Å². The van der Waals surface area contributed by atoms with E-state index in [0.717, 1.165) is 5.56 Å². The van der Waals surface area contributed by atoms with Gasteiger partial charge >= 0.3 is 0 Å². The first-order valence-electron chi connectivity index (χ1n) is 3.92. The fourth-order valence-electron chi connectivity index (χ4n) is 1.01. The Kier molecular flexibility index (Phi) is 3.21. The molecule has 0 heterocycles. The van der Waals surface area contributed by atoms with Crippen molar-refractivity contribution in [1.82, 2.24) is 0 Å². The van der Waals surface area contributed by atoms with Gasteiger partial charge in [-0.3, -0.25) is 0 Å². The minimum absolute atomic E-state index is 0.0221. The second kappa shape index (κ2) is 4.40. The van der Waals surface area contributed by atoms with E-state index < -0.39 is 0 Å².